The molecule has 1 heterocycles. The van der Waals surface area contributed by atoms with Crippen LogP contribution in [0.5, 0.6) is 40.2 Å². The summed E-state index contributed by atoms with van der Waals surface area (Å²) in [4.78, 5) is 35.3. The number of aromatic hydroxyl groups is 4. The number of carbonyl (C=O) groups is 2. The number of ketones is 1. The number of fused-ring (bicyclic) bond motifs is 1. The number of nitrogens with zero attached hydrogens (tertiary/aromatic N) is 1. The number of carbonyl (C=O) groups excluding carboxylic acids is 2. The lowest BCUT2D eigenvalue weighted by Gasteiger charge is -2.14. The highest BCUT2D eigenvalue weighted by atomic mass is 32.2. The van der Waals surface area contributed by atoms with Gasteiger partial charge in [-0.05, 0) is 71.5 Å². The Labute approximate surface area is 328 Å². The molecule has 57 heavy (non-hydrogen) atoms. The van der Waals surface area contributed by atoms with E-state index in [2.05, 4.69) is 5.32 Å². The molecule has 5 aromatic rings. The highest BCUT2D eigenvalue weighted by molar-refractivity contribution is 7.92. The third-order valence-electron chi connectivity index (χ3n) is 7.97. The SMILES string of the molecule is N#Cc1ccc(OP(=O)(O)CNS(=O)(=O)c2cc3cc(OCCNC(=O)Cc4ccc(O)c(O)c4)c(OCCCC(=O)Cc4ccc(O)c(O)c4)cc3s2)cc1F. The number of Topliss-reactive ketones (excluding diaryl/α,β-unsaturated/α-hetero) is 1. The molecule has 1 unspecified atom stereocenters. The largest absolute Gasteiger partial charge is 0.504 e. The van der Waals surface area contributed by atoms with Crippen LogP contribution in [0.1, 0.15) is 29.5 Å². The second-order valence-electron chi connectivity index (χ2n) is 12.4. The second-order valence-corrected chi connectivity index (χ2v) is 17.2. The number of benzene rings is 4. The first-order chi connectivity index (χ1) is 27.0. The van der Waals surface area contributed by atoms with Crippen LogP contribution >= 0.6 is 18.9 Å². The normalized spacial score (nSPS) is 12.4. The summed E-state index contributed by atoms with van der Waals surface area (Å²) in [5, 5.41) is 50.3. The van der Waals surface area contributed by atoms with Crippen molar-refractivity contribution < 1.29 is 66.3 Å². The zero-order valence-corrected chi connectivity index (χ0v) is 32.2. The lowest BCUT2D eigenvalue weighted by Crippen LogP contribution is -2.29. The summed E-state index contributed by atoms with van der Waals surface area (Å²) >= 11 is 0.809. The van der Waals surface area contributed by atoms with E-state index in [1.807, 2.05) is 4.72 Å². The number of phenols is 4. The van der Waals surface area contributed by atoms with Gasteiger partial charge in [0.15, 0.2) is 34.5 Å². The lowest BCUT2D eigenvalue weighted by molar-refractivity contribution is -0.120. The quantitative estimate of drug-likeness (QED) is 0.0330. The van der Waals surface area contributed by atoms with Crippen molar-refractivity contribution in [1.82, 2.24) is 10.0 Å². The molecule has 0 bridgehead atoms. The van der Waals surface area contributed by atoms with Gasteiger partial charge in [0.1, 0.15) is 40.5 Å². The molecule has 0 saturated carbocycles. The summed E-state index contributed by atoms with van der Waals surface area (Å²) in [5.74, 6) is -2.92. The molecule has 1 aromatic heterocycles. The number of nitrogens with one attached hydrogen (secondary N) is 2. The monoisotopic (exact) mass is 843 g/mol. The Hall–Kier alpha value is -5.90. The number of amides is 1. The smallest absolute Gasteiger partial charge is 0.391 e. The minimum absolute atomic E-state index is 0.0140. The summed E-state index contributed by atoms with van der Waals surface area (Å²) in [7, 11) is -9.09. The predicted octanol–water partition coefficient (Wildman–Crippen LogP) is 4.94. The number of nitriles is 1. The zero-order valence-electron chi connectivity index (χ0n) is 29.7. The van der Waals surface area contributed by atoms with E-state index >= 15 is 0 Å². The molecule has 20 heteroatoms. The van der Waals surface area contributed by atoms with Gasteiger partial charge in [0.2, 0.25) is 5.91 Å². The maximum Gasteiger partial charge on any atom is 0.391 e. The molecule has 7 N–H and O–H groups in total. The van der Waals surface area contributed by atoms with Gasteiger partial charge in [-0.1, -0.05) is 12.1 Å². The van der Waals surface area contributed by atoms with E-state index in [-0.39, 0.29) is 95.5 Å². The molecule has 0 saturated heterocycles. The van der Waals surface area contributed by atoms with Gasteiger partial charge in [-0.3, -0.25) is 9.59 Å². The maximum atomic E-state index is 13.9. The number of rotatable bonds is 19. The number of phenolic OH excluding ortho intramolecular Hbond substituents is 4. The van der Waals surface area contributed by atoms with E-state index in [0.717, 1.165) is 29.5 Å². The summed E-state index contributed by atoms with van der Waals surface area (Å²) in [6.07, 6.45) is -0.765. The van der Waals surface area contributed by atoms with Gasteiger partial charge in [-0.15, -0.1) is 11.3 Å². The van der Waals surface area contributed by atoms with Crippen LogP contribution in [0, 0.1) is 17.1 Å². The van der Waals surface area contributed by atoms with E-state index in [9.17, 15) is 52.3 Å². The third kappa shape index (κ3) is 11.8. The first-order valence-electron chi connectivity index (χ1n) is 16.9. The fourth-order valence-corrected chi connectivity index (χ4v) is 9.14. The van der Waals surface area contributed by atoms with Gasteiger partial charge < -0.3 is 44.6 Å². The van der Waals surface area contributed by atoms with Crippen molar-refractivity contribution in [2.75, 3.05) is 26.0 Å². The molecular formula is C37H35FN3O13PS2. The minimum atomic E-state index is -4.69. The van der Waals surface area contributed by atoms with Crippen molar-refractivity contribution >= 4 is 50.7 Å². The van der Waals surface area contributed by atoms with Gasteiger partial charge in [-0.25, -0.2) is 17.4 Å². The molecule has 5 rings (SSSR count). The van der Waals surface area contributed by atoms with E-state index in [4.69, 9.17) is 19.3 Å². The molecule has 16 nitrogen and oxygen atoms in total. The maximum absolute atomic E-state index is 13.9. The Bertz CT molecular complexity index is 2400. The number of hydrogen-bond acceptors (Lipinski definition) is 14. The molecule has 0 aliphatic carbocycles. The molecule has 0 aliphatic rings. The summed E-state index contributed by atoms with van der Waals surface area (Å²) in [6.45, 7) is 0.0170. The van der Waals surface area contributed by atoms with Crippen molar-refractivity contribution in [2.45, 2.75) is 29.9 Å². The van der Waals surface area contributed by atoms with Crippen LogP contribution in [0.15, 0.2) is 77.0 Å². The Balaban J connectivity index is 1.25. The molecule has 0 aliphatic heterocycles. The Morgan fingerprint density at radius 1 is 0.842 bits per heavy atom. The number of sulfonamides is 1. The first kappa shape index (κ1) is 42.2. The second kappa shape index (κ2) is 18.4. The van der Waals surface area contributed by atoms with Crippen LogP contribution < -0.4 is 24.0 Å². The number of halogens is 1. The van der Waals surface area contributed by atoms with Gasteiger partial charge in [-0.2, -0.15) is 9.98 Å². The number of hydrogen-bond donors (Lipinski definition) is 7. The topological polar surface area (TPSA) is 262 Å². The molecule has 4 aromatic carbocycles. The Kier molecular flexibility index (Phi) is 13.6. The highest BCUT2D eigenvalue weighted by Gasteiger charge is 2.27. The number of ether oxygens (including phenoxy) is 2. The minimum Gasteiger partial charge on any atom is -0.504 e. The lowest BCUT2D eigenvalue weighted by atomic mass is 10.1. The van der Waals surface area contributed by atoms with Gasteiger partial charge >= 0.3 is 7.60 Å². The Morgan fingerprint density at radius 2 is 1.49 bits per heavy atom. The van der Waals surface area contributed by atoms with Crippen LogP contribution in [0.3, 0.4) is 0 Å². The average Bonchev–Trinajstić information content (AvgIpc) is 3.58. The third-order valence-corrected chi connectivity index (χ3v) is 12.2. The van der Waals surface area contributed by atoms with Crippen LogP contribution in [-0.2, 0) is 37.0 Å². The molecule has 1 amide bonds. The van der Waals surface area contributed by atoms with Crippen molar-refractivity contribution in [3.05, 3.63) is 95.3 Å². The molecule has 1 atom stereocenters. The van der Waals surface area contributed by atoms with Gasteiger partial charge in [0, 0.05) is 29.7 Å². The highest BCUT2D eigenvalue weighted by Crippen LogP contribution is 2.43. The van der Waals surface area contributed by atoms with Crippen molar-refractivity contribution in [3.8, 4) is 46.3 Å². The van der Waals surface area contributed by atoms with Gasteiger partial charge in [0.25, 0.3) is 10.0 Å². The zero-order chi connectivity index (χ0) is 41.3. The fraction of sp³-hybridized carbons (Fsp3) is 0.216. The van der Waals surface area contributed by atoms with Crippen LogP contribution in [0.2, 0.25) is 0 Å². The molecule has 0 radical (unpaired) electrons. The fourth-order valence-electron chi connectivity index (χ4n) is 5.18. The van der Waals surface area contributed by atoms with Crippen molar-refractivity contribution in [1.29, 1.82) is 5.26 Å². The van der Waals surface area contributed by atoms with Gasteiger partial charge in [0.05, 0.1) is 25.1 Å². The van der Waals surface area contributed by atoms with Crippen molar-refractivity contribution in [2.24, 2.45) is 0 Å². The summed E-state index contributed by atoms with van der Waals surface area (Å²) in [6, 6.07) is 16.9. The van der Waals surface area contributed by atoms with Crippen LogP contribution in [0.4, 0.5) is 4.39 Å². The van der Waals surface area contributed by atoms with E-state index < -0.39 is 41.4 Å². The molecule has 0 fully saturated rings. The number of thiophene rings is 1. The molecule has 300 valence electrons. The average molecular weight is 844 g/mol. The van der Waals surface area contributed by atoms with Crippen LogP contribution in [0.25, 0.3) is 10.1 Å². The summed E-state index contributed by atoms with van der Waals surface area (Å²) in [5.41, 5.74) is 0.650. The van der Waals surface area contributed by atoms with E-state index in [1.165, 1.54) is 54.6 Å². The van der Waals surface area contributed by atoms with E-state index in [1.54, 1.807) is 6.07 Å². The predicted molar refractivity (Wildman–Crippen MR) is 204 cm³/mol. The van der Waals surface area contributed by atoms with E-state index in [0.29, 0.717) is 21.2 Å². The Morgan fingerprint density at radius 3 is 2.14 bits per heavy atom. The molecular weight excluding hydrogens is 809 g/mol. The summed E-state index contributed by atoms with van der Waals surface area (Å²) < 4.78 is 72.0. The van der Waals surface area contributed by atoms with Crippen molar-refractivity contribution in [3.63, 3.8) is 0 Å². The molecule has 0 spiro atoms. The first-order valence-corrected chi connectivity index (χ1v) is 20.9. The van der Waals surface area contributed by atoms with Crippen LogP contribution in [-0.4, -0.2) is 71.5 Å². The standard InChI is InChI=1S/C37H35FN3O13PS2/c38-28-18-27(6-5-24(28)20-39)54-55(48,49)21-41-57(50,51)37-17-25-16-33(53-11-9-40-36(47)15-23-4-8-30(44)32(46)14-23)34(19-35(25)56-37)52-10-1-2-26(42)12-22-3-7-29(43)31(45)13-22/h3-8,13-14,16-19,41,43-46H,1-2,9-12,15,21H2,(H,40,47)(H,48,49).